The van der Waals surface area contributed by atoms with Gasteiger partial charge in [-0.05, 0) is 48.7 Å². The second-order valence-corrected chi connectivity index (χ2v) is 7.90. The highest BCUT2D eigenvalue weighted by atomic mass is 32.2. The standard InChI is InChI=1S/C20H21N3O5S/c1-3-16-6-4-5-14(2)20(16)23-18(24)13-28-19(25)12-22-29(26,27)17-9-7-15(11-21)8-10-17/h4-10,22H,3,12-13H2,1-2H3,(H,23,24). The highest BCUT2D eigenvalue weighted by Crippen LogP contribution is 2.20. The minimum Gasteiger partial charge on any atom is -0.455 e. The third-order valence-corrected chi connectivity index (χ3v) is 5.49. The summed E-state index contributed by atoms with van der Waals surface area (Å²) < 4.78 is 31.2. The Bertz CT molecular complexity index is 1040. The fourth-order valence-corrected chi connectivity index (χ4v) is 3.49. The SMILES string of the molecule is CCc1cccc(C)c1NC(=O)COC(=O)CNS(=O)(=O)c1ccc(C#N)cc1. The van der Waals surface area contributed by atoms with E-state index in [1.807, 2.05) is 38.1 Å². The van der Waals surface area contributed by atoms with Crippen LogP contribution >= 0.6 is 0 Å². The van der Waals surface area contributed by atoms with Gasteiger partial charge in [-0.2, -0.15) is 9.98 Å². The van der Waals surface area contributed by atoms with Crippen molar-refractivity contribution in [1.82, 2.24) is 4.72 Å². The molecule has 0 aromatic heterocycles. The second-order valence-electron chi connectivity index (χ2n) is 6.13. The maximum absolute atomic E-state index is 12.1. The van der Waals surface area contributed by atoms with Crippen molar-refractivity contribution in [1.29, 1.82) is 5.26 Å². The number of nitriles is 1. The van der Waals surface area contributed by atoms with Crippen LogP contribution < -0.4 is 10.0 Å². The van der Waals surface area contributed by atoms with Crippen LogP contribution in [0.3, 0.4) is 0 Å². The van der Waals surface area contributed by atoms with Gasteiger partial charge in [-0.25, -0.2) is 8.42 Å². The lowest BCUT2D eigenvalue weighted by Crippen LogP contribution is -2.32. The minimum atomic E-state index is -3.94. The van der Waals surface area contributed by atoms with E-state index in [-0.39, 0.29) is 4.90 Å². The fraction of sp³-hybridized carbons (Fsp3) is 0.250. The Morgan fingerprint density at radius 1 is 1.14 bits per heavy atom. The van der Waals surface area contributed by atoms with E-state index >= 15 is 0 Å². The molecule has 152 valence electrons. The number of nitrogens with zero attached hydrogens (tertiary/aromatic N) is 1. The lowest BCUT2D eigenvalue weighted by molar-refractivity contribution is -0.146. The zero-order valence-corrected chi connectivity index (χ0v) is 16.9. The number of benzene rings is 2. The molecule has 0 saturated heterocycles. The normalized spacial score (nSPS) is 10.8. The highest BCUT2D eigenvalue weighted by molar-refractivity contribution is 7.89. The van der Waals surface area contributed by atoms with Crippen molar-refractivity contribution in [3.05, 3.63) is 59.2 Å². The summed E-state index contributed by atoms with van der Waals surface area (Å²) >= 11 is 0. The van der Waals surface area contributed by atoms with Crippen LogP contribution in [0.2, 0.25) is 0 Å². The molecule has 0 aliphatic carbocycles. The molecule has 0 aliphatic heterocycles. The molecule has 1 amide bonds. The number of ether oxygens (including phenoxy) is 1. The van der Waals surface area contributed by atoms with E-state index < -0.39 is 35.1 Å². The van der Waals surface area contributed by atoms with Gasteiger partial charge in [0.25, 0.3) is 5.91 Å². The van der Waals surface area contributed by atoms with E-state index in [1.54, 1.807) is 0 Å². The van der Waals surface area contributed by atoms with Crippen LogP contribution in [0.25, 0.3) is 0 Å². The lowest BCUT2D eigenvalue weighted by Gasteiger charge is -2.13. The lowest BCUT2D eigenvalue weighted by atomic mass is 10.1. The molecule has 0 unspecified atom stereocenters. The zero-order chi connectivity index (χ0) is 21.4. The van der Waals surface area contributed by atoms with Crippen LogP contribution in [-0.2, 0) is 30.8 Å². The molecule has 0 bridgehead atoms. The molecular formula is C20H21N3O5S. The van der Waals surface area contributed by atoms with Gasteiger partial charge >= 0.3 is 5.97 Å². The molecule has 29 heavy (non-hydrogen) atoms. The number of hydrogen-bond acceptors (Lipinski definition) is 6. The van der Waals surface area contributed by atoms with Crippen molar-refractivity contribution >= 4 is 27.6 Å². The Labute approximate surface area is 169 Å². The first kappa shape index (κ1) is 22.1. The number of hydrogen-bond donors (Lipinski definition) is 2. The van der Waals surface area contributed by atoms with Gasteiger partial charge in [0, 0.05) is 5.69 Å². The van der Waals surface area contributed by atoms with Crippen LogP contribution in [0.5, 0.6) is 0 Å². The number of carbonyl (C=O) groups excluding carboxylic acids is 2. The summed E-state index contributed by atoms with van der Waals surface area (Å²) in [4.78, 5) is 23.8. The van der Waals surface area contributed by atoms with Crippen LogP contribution in [0.1, 0.15) is 23.6 Å². The van der Waals surface area contributed by atoms with Crippen molar-refractivity contribution in [2.75, 3.05) is 18.5 Å². The molecule has 0 atom stereocenters. The molecule has 0 spiro atoms. The number of rotatable bonds is 8. The van der Waals surface area contributed by atoms with E-state index in [0.29, 0.717) is 11.3 Å². The Hall–Kier alpha value is -3.22. The fourth-order valence-electron chi connectivity index (χ4n) is 2.52. The Balaban J connectivity index is 1.86. The monoisotopic (exact) mass is 415 g/mol. The third kappa shape index (κ3) is 6.14. The average Bonchev–Trinajstić information content (AvgIpc) is 2.72. The van der Waals surface area contributed by atoms with Gasteiger partial charge in [-0.15, -0.1) is 0 Å². The number of amides is 1. The summed E-state index contributed by atoms with van der Waals surface area (Å²) in [6, 6.07) is 12.8. The van der Waals surface area contributed by atoms with Gasteiger partial charge in [-0.1, -0.05) is 25.1 Å². The van der Waals surface area contributed by atoms with Crippen LogP contribution in [-0.4, -0.2) is 33.4 Å². The number of nitrogens with one attached hydrogen (secondary N) is 2. The Morgan fingerprint density at radius 2 is 1.83 bits per heavy atom. The molecule has 0 heterocycles. The van der Waals surface area contributed by atoms with Gasteiger partial charge in [0.15, 0.2) is 6.61 Å². The van der Waals surface area contributed by atoms with Gasteiger partial charge in [-0.3, -0.25) is 9.59 Å². The molecule has 2 rings (SSSR count). The molecule has 2 aromatic rings. The Morgan fingerprint density at radius 3 is 2.45 bits per heavy atom. The number of carbonyl (C=O) groups is 2. The molecule has 2 N–H and O–H groups in total. The molecule has 9 heteroatoms. The van der Waals surface area contributed by atoms with Crippen molar-refractivity contribution < 1.29 is 22.7 Å². The second kappa shape index (κ2) is 9.82. The summed E-state index contributed by atoms with van der Waals surface area (Å²) in [5, 5.41) is 11.5. The largest absolute Gasteiger partial charge is 0.455 e. The summed E-state index contributed by atoms with van der Waals surface area (Å²) in [6.07, 6.45) is 0.730. The van der Waals surface area contributed by atoms with Crippen LogP contribution in [0.4, 0.5) is 5.69 Å². The zero-order valence-electron chi connectivity index (χ0n) is 16.1. The number of aryl methyl sites for hydroxylation is 2. The van der Waals surface area contributed by atoms with Gasteiger partial charge in [0.05, 0.1) is 16.5 Å². The van der Waals surface area contributed by atoms with Crippen molar-refractivity contribution in [2.24, 2.45) is 0 Å². The first-order valence-corrected chi connectivity index (χ1v) is 10.3. The maximum Gasteiger partial charge on any atom is 0.321 e. The number of anilines is 1. The summed E-state index contributed by atoms with van der Waals surface area (Å²) in [6.45, 7) is 2.66. The van der Waals surface area contributed by atoms with E-state index in [9.17, 15) is 18.0 Å². The molecule has 2 aromatic carbocycles. The molecule has 0 aliphatic rings. The molecule has 0 fully saturated rings. The molecule has 0 radical (unpaired) electrons. The van der Waals surface area contributed by atoms with Crippen molar-refractivity contribution in [3.8, 4) is 6.07 Å². The minimum absolute atomic E-state index is 0.0892. The van der Waals surface area contributed by atoms with Crippen LogP contribution in [0.15, 0.2) is 47.4 Å². The van der Waals surface area contributed by atoms with E-state index in [2.05, 4.69) is 10.0 Å². The number of sulfonamides is 1. The first-order valence-electron chi connectivity index (χ1n) is 8.80. The van der Waals surface area contributed by atoms with Gasteiger partial charge in [0.2, 0.25) is 10.0 Å². The Kier molecular flexibility index (Phi) is 7.47. The molecule has 8 nitrogen and oxygen atoms in total. The third-order valence-electron chi connectivity index (χ3n) is 4.07. The van der Waals surface area contributed by atoms with Gasteiger partial charge < -0.3 is 10.1 Å². The van der Waals surface area contributed by atoms with E-state index in [0.717, 1.165) is 17.5 Å². The number of esters is 1. The summed E-state index contributed by atoms with van der Waals surface area (Å²) in [5.74, 6) is -1.41. The quantitative estimate of drug-likeness (QED) is 0.634. The smallest absolute Gasteiger partial charge is 0.321 e. The van der Waals surface area contributed by atoms with E-state index in [4.69, 9.17) is 10.00 Å². The number of para-hydroxylation sites is 1. The van der Waals surface area contributed by atoms with Crippen molar-refractivity contribution in [2.45, 2.75) is 25.2 Å². The first-order chi connectivity index (χ1) is 13.8. The average molecular weight is 415 g/mol. The topological polar surface area (TPSA) is 125 Å². The molecular weight excluding hydrogens is 394 g/mol. The maximum atomic E-state index is 12.1. The molecule has 0 saturated carbocycles. The van der Waals surface area contributed by atoms with Crippen molar-refractivity contribution in [3.63, 3.8) is 0 Å². The van der Waals surface area contributed by atoms with E-state index in [1.165, 1.54) is 24.3 Å². The van der Waals surface area contributed by atoms with Crippen LogP contribution in [0, 0.1) is 18.3 Å². The summed E-state index contributed by atoms with van der Waals surface area (Å²) in [7, 11) is -3.94. The highest BCUT2D eigenvalue weighted by Gasteiger charge is 2.17. The summed E-state index contributed by atoms with van der Waals surface area (Å²) in [5.41, 5.74) is 2.84. The van der Waals surface area contributed by atoms with Gasteiger partial charge in [0.1, 0.15) is 6.54 Å². The predicted octanol–water partition coefficient (Wildman–Crippen LogP) is 1.89. The predicted molar refractivity (Wildman–Crippen MR) is 106 cm³/mol.